The monoisotopic (exact) mass is 376 g/mol. The molecule has 0 unspecified atom stereocenters. The fourth-order valence-corrected chi connectivity index (χ4v) is 2.35. The van der Waals surface area contributed by atoms with Crippen LogP contribution in [0.25, 0.3) is 5.76 Å². The molecule has 0 aliphatic heterocycles. The zero-order valence-corrected chi connectivity index (χ0v) is 15.5. The van der Waals surface area contributed by atoms with Crippen molar-refractivity contribution in [2.24, 2.45) is 0 Å². The minimum absolute atomic E-state index is 0.0247. The molecule has 0 radical (unpaired) electrons. The summed E-state index contributed by atoms with van der Waals surface area (Å²) >= 11 is 0. The Morgan fingerprint density at radius 1 is 1.22 bits per heavy atom. The van der Waals surface area contributed by atoms with Gasteiger partial charge in [0.05, 0.1) is 7.11 Å². The summed E-state index contributed by atoms with van der Waals surface area (Å²) in [5, 5.41) is 10.3. The van der Waals surface area contributed by atoms with E-state index < -0.39 is 23.1 Å². The van der Waals surface area contributed by atoms with Crippen molar-refractivity contribution in [3.05, 3.63) is 64.9 Å². The Hall–Kier alpha value is -2.93. The molecule has 144 valence electrons. The van der Waals surface area contributed by atoms with Crippen LogP contribution in [0.4, 0.5) is 4.39 Å². The molecule has 0 spiro atoms. The number of halogens is 1. The molecule has 0 saturated heterocycles. The summed E-state index contributed by atoms with van der Waals surface area (Å²) in [4.78, 5) is 23.0. The van der Waals surface area contributed by atoms with Crippen LogP contribution in [0.2, 0.25) is 0 Å². The Labute approximate surface area is 156 Å². The van der Waals surface area contributed by atoms with Gasteiger partial charge < -0.3 is 19.0 Å². The number of hydrogen-bond acceptors (Lipinski definition) is 6. The number of esters is 1. The van der Waals surface area contributed by atoms with E-state index in [1.807, 2.05) is 0 Å². The summed E-state index contributed by atoms with van der Waals surface area (Å²) in [7, 11) is 2.58. The number of rotatable bonds is 7. The van der Waals surface area contributed by atoms with Gasteiger partial charge in [-0.25, -0.2) is 9.18 Å². The lowest BCUT2D eigenvalue weighted by atomic mass is 10.0. The molecule has 0 bridgehead atoms. The van der Waals surface area contributed by atoms with Crippen molar-refractivity contribution < 1.29 is 33.0 Å². The molecule has 27 heavy (non-hydrogen) atoms. The highest BCUT2D eigenvalue weighted by molar-refractivity contribution is 6.39. The van der Waals surface area contributed by atoms with Crippen LogP contribution in [0.1, 0.15) is 36.5 Å². The number of aliphatic hydroxyl groups excluding tert-OH is 1. The quantitative estimate of drug-likeness (QED) is 0.344. The fourth-order valence-electron chi connectivity index (χ4n) is 2.35. The number of aliphatic hydroxyl groups is 1. The highest BCUT2D eigenvalue weighted by Crippen LogP contribution is 2.32. The average Bonchev–Trinajstić information content (AvgIpc) is 3.07. The van der Waals surface area contributed by atoms with Gasteiger partial charge in [0.15, 0.2) is 11.5 Å². The van der Waals surface area contributed by atoms with Crippen LogP contribution in [0.15, 0.2) is 40.8 Å². The van der Waals surface area contributed by atoms with Gasteiger partial charge in [0.25, 0.3) is 5.78 Å². The maximum atomic E-state index is 13.1. The first-order chi connectivity index (χ1) is 12.7. The van der Waals surface area contributed by atoms with E-state index in [1.54, 1.807) is 32.0 Å². The number of benzene rings is 1. The minimum atomic E-state index is -1.11. The van der Waals surface area contributed by atoms with Crippen molar-refractivity contribution in [3.8, 4) is 0 Å². The summed E-state index contributed by atoms with van der Waals surface area (Å²) in [6, 6.07) is 7.55. The van der Waals surface area contributed by atoms with Crippen LogP contribution in [0, 0.1) is 5.82 Å². The SMILES string of the molecule is COC(=O)C(=O)C=C(O)c1oc(C(C)(C)OC)cc1Cc1ccc(F)cc1. The van der Waals surface area contributed by atoms with Gasteiger partial charge in [0.1, 0.15) is 17.2 Å². The maximum Gasteiger partial charge on any atom is 0.378 e. The highest BCUT2D eigenvalue weighted by atomic mass is 19.1. The van der Waals surface area contributed by atoms with Crippen LogP contribution in [0.3, 0.4) is 0 Å². The largest absolute Gasteiger partial charge is 0.504 e. The van der Waals surface area contributed by atoms with Crippen molar-refractivity contribution in [1.82, 2.24) is 0 Å². The van der Waals surface area contributed by atoms with Crippen LogP contribution < -0.4 is 0 Å². The third-order valence-corrected chi connectivity index (χ3v) is 4.11. The van der Waals surface area contributed by atoms with Crippen LogP contribution in [-0.2, 0) is 31.1 Å². The van der Waals surface area contributed by atoms with E-state index in [9.17, 15) is 19.1 Å². The van der Waals surface area contributed by atoms with Crippen molar-refractivity contribution in [1.29, 1.82) is 0 Å². The van der Waals surface area contributed by atoms with Crippen molar-refractivity contribution in [2.45, 2.75) is 25.9 Å². The lowest BCUT2D eigenvalue weighted by molar-refractivity contribution is -0.149. The van der Waals surface area contributed by atoms with Crippen LogP contribution in [0.5, 0.6) is 0 Å². The molecule has 0 atom stereocenters. The standard InChI is InChI=1S/C20H21FO6/c1-20(2,26-4)17-10-13(9-12-5-7-14(21)8-6-12)18(27-17)15(22)11-16(23)19(24)25-3/h5-8,10-11,22H,9H2,1-4H3. The Bertz CT molecular complexity index is 861. The van der Waals surface area contributed by atoms with Gasteiger partial charge in [-0.3, -0.25) is 4.79 Å². The first-order valence-corrected chi connectivity index (χ1v) is 8.14. The van der Waals surface area contributed by atoms with E-state index in [-0.39, 0.29) is 11.6 Å². The molecule has 7 heteroatoms. The molecule has 2 rings (SSSR count). The Morgan fingerprint density at radius 3 is 2.41 bits per heavy atom. The predicted octanol–water partition coefficient (Wildman–Crippen LogP) is 3.53. The number of hydrogen-bond donors (Lipinski definition) is 1. The van der Waals surface area contributed by atoms with Gasteiger partial charge in [0, 0.05) is 25.2 Å². The fraction of sp³-hybridized carbons (Fsp3) is 0.300. The van der Waals surface area contributed by atoms with Crippen molar-refractivity contribution in [3.63, 3.8) is 0 Å². The molecule has 1 aromatic heterocycles. The number of carbonyl (C=O) groups excluding carboxylic acids is 2. The van der Waals surface area contributed by atoms with E-state index in [0.717, 1.165) is 18.7 Å². The summed E-state index contributed by atoms with van der Waals surface area (Å²) in [5.41, 5.74) is 0.531. The Morgan fingerprint density at radius 2 is 1.85 bits per heavy atom. The molecular weight excluding hydrogens is 355 g/mol. The van der Waals surface area contributed by atoms with Gasteiger partial charge in [0.2, 0.25) is 0 Å². The number of ketones is 1. The maximum absolute atomic E-state index is 13.1. The second kappa shape index (κ2) is 8.18. The minimum Gasteiger partial charge on any atom is -0.504 e. The van der Waals surface area contributed by atoms with Crippen LogP contribution >= 0.6 is 0 Å². The molecule has 0 aliphatic carbocycles. The number of furan rings is 1. The molecule has 0 saturated carbocycles. The summed E-state index contributed by atoms with van der Waals surface area (Å²) in [5.74, 6) is -2.56. The Balaban J connectivity index is 2.47. The first-order valence-electron chi connectivity index (χ1n) is 8.14. The molecule has 1 N–H and O–H groups in total. The van der Waals surface area contributed by atoms with Crippen molar-refractivity contribution in [2.75, 3.05) is 14.2 Å². The molecule has 0 amide bonds. The van der Waals surface area contributed by atoms with E-state index in [4.69, 9.17) is 9.15 Å². The van der Waals surface area contributed by atoms with Gasteiger partial charge in [-0.1, -0.05) is 12.1 Å². The lowest BCUT2D eigenvalue weighted by Crippen LogP contribution is -2.18. The number of methoxy groups -OCH3 is 2. The van der Waals surface area contributed by atoms with E-state index in [1.165, 1.54) is 19.2 Å². The summed E-state index contributed by atoms with van der Waals surface area (Å²) in [6.07, 6.45) is 1.05. The van der Waals surface area contributed by atoms with E-state index >= 15 is 0 Å². The summed E-state index contributed by atoms with van der Waals surface area (Å²) in [6.45, 7) is 3.55. The molecule has 6 nitrogen and oxygen atoms in total. The third kappa shape index (κ3) is 4.83. The predicted molar refractivity (Wildman–Crippen MR) is 95.6 cm³/mol. The van der Waals surface area contributed by atoms with Crippen molar-refractivity contribution >= 4 is 17.5 Å². The number of carbonyl (C=O) groups is 2. The van der Waals surface area contributed by atoms with E-state index in [2.05, 4.69) is 4.74 Å². The van der Waals surface area contributed by atoms with Gasteiger partial charge >= 0.3 is 5.97 Å². The molecular formula is C20H21FO6. The zero-order valence-electron chi connectivity index (χ0n) is 15.5. The first kappa shape index (κ1) is 20.4. The number of ether oxygens (including phenoxy) is 2. The molecule has 0 aliphatic rings. The average molecular weight is 376 g/mol. The Kier molecular flexibility index (Phi) is 6.17. The topological polar surface area (TPSA) is 86.0 Å². The lowest BCUT2D eigenvalue weighted by Gasteiger charge is -2.19. The molecule has 0 fully saturated rings. The highest BCUT2D eigenvalue weighted by Gasteiger charge is 2.28. The molecule has 1 aromatic carbocycles. The smallest absolute Gasteiger partial charge is 0.378 e. The van der Waals surface area contributed by atoms with Crippen LogP contribution in [-0.4, -0.2) is 31.1 Å². The van der Waals surface area contributed by atoms with E-state index in [0.29, 0.717) is 17.7 Å². The normalized spacial score (nSPS) is 12.1. The third-order valence-electron chi connectivity index (χ3n) is 4.11. The van der Waals surface area contributed by atoms with Gasteiger partial charge in [-0.15, -0.1) is 0 Å². The second-order valence-corrected chi connectivity index (χ2v) is 6.37. The summed E-state index contributed by atoms with van der Waals surface area (Å²) < 4.78 is 28.6. The second-order valence-electron chi connectivity index (χ2n) is 6.37. The van der Waals surface area contributed by atoms with Gasteiger partial charge in [-0.2, -0.15) is 0 Å². The van der Waals surface area contributed by atoms with Gasteiger partial charge in [-0.05, 0) is 37.6 Å². The molecule has 2 aromatic rings. The zero-order chi connectivity index (χ0) is 20.2. The molecule has 1 heterocycles.